The molecular weight excluding hydrogens is 226 g/mol. The molecular formula is C14H13N3O. The predicted molar refractivity (Wildman–Crippen MR) is 70.6 cm³/mol. The van der Waals surface area contributed by atoms with Gasteiger partial charge in [-0.15, -0.1) is 0 Å². The minimum Gasteiger partial charge on any atom is -0.506 e. The summed E-state index contributed by atoms with van der Waals surface area (Å²) in [5.74, 6) is 0.324. The summed E-state index contributed by atoms with van der Waals surface area (Å²) in [6, 6.07) is 13.9. The number of aromatic nitrogens is 2. The van der Waals surface area contributed by atoms with Crippen LogP contribution in [0.25, 0.3) is 11.0 Å². The first kappa shape index (κ1) is 9.65. The monoisotopic (exact) mass is 239 g/mol. The van der Waals surface area contributed by atoms with Crippen LogP contribution in [-0.4, -0.2) is 14.6 Å². The smallest absolute Gasteiger partial charge is 0.140 e. The van der Waals surface area contributed by atoms with Crippen molar-refractivity contribution in [3.63, 3.8) is 0 Å². The number of aryl methyl sites for hydroxylation is 1. The lowest BCUT2D eigenvalue weighted by atomic mass is 10.2. The van der Waals surface area contributed by atoms with Gasteiger partial charge in [0.25, 0.3) is 0 Å². The molecule has 0 amide bonds. The molecule has 1 N–H and O–H groups in total. The normalized spacial score (nSPS) is 13.7. The molecule has 0 unspecified atom stereocenters. The van der Waals surface area contributed by atoms with Crippen LogP contribution >= 0.6 is 0 Å². The van der Waals surface area contributed by atoms with Gasteiger partial charge in [0.15, 0.2) is 0 Å². The highest BCUT2D eigenvalue weighted by atomic mass is 16.3. The SMILES string of the molecule is Cc1ccc(O)c(N2Cn3c4ccccc4n32)c1. The summed E-state index contributed by atoms with van der Waals surface area (Å²) < 4.78 is 2.18. The number of anilines is 1. The second-order valence-corrected chi connectivity index (χ2v) is 4.71. The van der Waals surface area contributed by atoms with Crippen LogP contribution in [0.5, 0.6) is 5.75 Å². The van der Waals surface area contributed by atoms with Crippen molar-refractivity contribution in [2.75, 3.05) is 5.01 Å². The van der Waals surface area contributed by atoms with E-state index in [0.717, 1.165) is 17.9 Å². The third-order valence-corrected chi connectivity index (χ3v) is 3.51. The molecule has 0 bridgehead atoms. The van der Waals surface area contributed by atoms with Crippen LogP contribution in [0, 0.1) is 6.92 Å². The summed E-state index contributed by atoms with van der Waals surface area (Å²) in [5, 5.41) is 12.0. The topological polar surface area (TPSA) is 33.3 Å². The summed E-state index contributed by atoms with van der Waals surface area (Å²) >= 11 is 0. The highest BCUT2D eigenvalue weighted by Gasteiger charge is 2.30. The average Bonchev–Trinajstić information content (AvgIpc) is 2.34. The zero-order chi connectivity index (χ0) is 12.3. The third kappa shape index (κ3) is 1.05. The third-order valence-electron chi connectivity index (χ3n) is 3.51. The van der Waals surface area contributed by atoms with E-state index < -0.39 is 0 Å². The van der Waals surface area contributed by atoms with Crippen molar-refractivity contribution in [3.8, 4) is 5.75 Å². The van der Waals surface area contributed by atoms with Crippen LogP contribution in [0.4, 0.5) is 5.69 Å². The number of phenolic OH excluding ortho intramolecular Hbond substituents is 1. The molecule has 2 heterocycles. The van der Waals surface area contributed by atoms with E-state index in [2.05, 4.69) is 26.6 Å². The van der Waals surface area contributed by atoms with Gasteiger partial charge in [-0.25, -0.2) is 9.69 Å². The number of rotatable bonds is 1. The molecule has 0 atom stereocenters. The van der Waals surface area contributed by atoms with Crippen LogP contribution in [0.1, 0.15) is 5.56 Å². The van der Waals surface area contributed by atoms with Gasteiger partial charge in [0.2, 0.25) is 0 Å². The number of aromatic hydroxyl groups is 1. The van der Waals surface area contributed by atoms with Gasteiger partial charge in [-0.1, -0.05) is 18.2 Å². The maximum absolute atomic E-state index is 9.96. The Kier molecular flexibility index (Phi) is 1.66. The zero-order valence-corrected chi connectivity index (χ0v) is 10.0. The minimum atomic E-state index is 0.324. The number of hydrogen-bond donors (Lipinski definition) is 1. The van der Waals surface area contributed by atoms with Crippen molar-refractivity contribution in [2.24, 2.45) is 0 Å². The Morgan fingerprint density at radius 3 is 2.67 bits per heavy atom. The molecule has 18 heavy (non-hydrogen) atoms. The van der Waals surface area contributed by atoms with Crippen molar-refractivity contribution in [3.05, 3.63) is 48.0 Å². The van der Waals surface area contributed by atoms with Crippen LogP contribution in [0.3, 0.4) is 0 Å². The molecule has 0 saturated carbocycles. The molecule has 0 spiro atoms. The molecule has 0 fully saturated rings. The fourth-order valence-corrected chi connectivity index (χ4v) is 2.57. The van der Waals surface area contributed by atoms with Crippen LogP contribution < -0.4 is 5.01 Å². The number of fused-ring (bicyclic) bond motifs is 4. The Balaban J connectivity index is 1.84. The van der Waals surface area contributed by atoms with Crippen molar-refractivity contribution in [2.45, 2.75) is 13.6 Å². The second kappa shape index (κ2) is 3.10. The maximum Gasteiger partial charge on any atom is 0.140 e. The Morgan fingerprint density at radius 1 is 1.06 bits per heavy atom. The Hall–Kier alpha value is -2.36. The molecule has 4 nitrogen and oxygen atoms in total. The molecule has 0 radical (unpaired) electrons. The molecule has 1 aromatic heterocycles. The average molecular weight is 239 g/mol. The first-order valence-electron chi connectivity index (χ1n) is 5.99. The van der Waals surface area contributed by atoms with E-state index in [0.29, 0.717) is 5.75 Å². The molecule has 4 rings (SSSR count). The Labute approximate surface area is 104 Å². The van der Waals surface area contributed by atoms with Gasteiger partial charge < -0.3 is 5.11 Å². The molecule has 1 aliphatic heterocycles. The summed E-state index contributed by atoms with van der Waals surface area (Å²) in [6.45, 7) is 2.82. The summed E-state index contributed by atoms with van der Waals surface area (Å²) in [7, 11) is 0. The lowest BCUT2D eigenvalue weighted by molar-refractivity contribution is 0.313. The fraction of sp³-hybridized carbons (Fsp3) is 0.143. The van der Waals surface area contributed by atoms with E-state index in [4.69, 9.17) is 0 Å². The standard InChI is InChI=1S/C14H13N3O/c1-10-6-7-14(18)13(8-10)16-9-15-11-4-2-3-5-12(11)17(15)16/h2-8,18H,9H2,1H3. The number of nitrogens with zero attached hydrogens (tertiary/aromatic N) is 3. The van der Waals surface area contributed by atoms with Crippen LogP contribution in [-0.2, 0) is 6.67 Å². The molecule has 0 saturated heterocycles. The van der Waals surface area contributed by atoms with E-state index in [-0.39, 0.29) is 0 Å². The van der Waals surface area contributed by atoms with Crippen molar-refractivity contribution in [1.29, 1.82) is 0 Å². The van der Waals surface area contributed by atoms with Crippen molar-refractivity contribution >= 4 is 16.7 Å². The quantitative estimate of drug-likeness (QED) is 0.708. The number of para-hydroxylation sites is 2. The highest BCUT2D eigenvalue weighted by molar-refractivity contribution is 5.81. The Morgan fingerprint density at radius 2 is 1.83 bits per heavy atom. The molecule has 3 aromatic rings. The first-order valence-corrected chi connectivity index (χ1v) is 5.99. The molecule has 0 aliphatic carbocycles. The van der Waals surface area contributed by atoms with E-state index in [1.165, 1.54) is 11.0 Å². The Bertz CT molecular complexity index is 754. The molecule has 1 aliphatic rings. The number of benzene rings is 2. The van der Waals surface area contributed by atoms with Gasteiger partial charge >= 0.3 is 0 Å². The summed E-state index contributed by atoms with van der Waals surface area (Å²) in [5.41, 5.74) is 4.45. The van der Waals surface area contributed by atoms with Gasteiger partial charge in [0.1, 0.15) is 23.6 Å². The number of phenols is 1. The summed E-state index contributed by atoms with van der Waals surface area (Å²) in [4.78, 5) is 2.09. The van der Waals surface area contributed by atoms with Gasteiger partial charge in [0.05, 0.1) is 5.52 Å². The predicted octanol–water partition coefficient (Wildman–Crippen LogP) is 2.70. The fourth-order valence-electron chi connectivity index (χ4n) is 2.57. The lowest BCUT2D eigenvalue weighted by Gasteiger charge is -2.45. The van der Waals surface area contributed by atoms with Crippen molar-refractivity contribution in [1.82, 2.24) is 9.47 Å². The highest BCUT2D eigenvalue weighted by Crippen LogP contribution is 2.36. The summed E-state index contributed by atoms with van der Waals surface area (Å²) in [6.07, 6.45) is 0. The largest absolute Gasteiger partial charge is 0.506 e. The molecule has 4 heteroatoms. The van der Waals surface area contributed by atoms with Gasteiger partial charge in [-0.2, -0.15) is 4.79 Å². The molecule has 90 valence electrons. The van der Waals surface area contributed by atoms with Crippen molar-refractivity contribution < 1.29 is 5.11 Å². The second-order valence-electron chi connectivity index (χ2n) is 4.71. The lowest BCUT2D eigenvalue weighted by Crippen LogP contribution is -2.52. The van der Waals surface area contributed by atoms with E-state index in [1.54, 1.807) is 6.07 Å². The zero-order valence-electron chi connectivity index (χ0n) is 10.0. The van der Waals surface area contributed by atoms with Gasteiger partial charge in [0, 0.05) is 0 Å². The maximum atomic E-state index is 9.96. The van der Waals surface area contributed by atoms with E-state index in [9.17, 15) is 5.11 Å². The minimum absolute atomic E-state index is 0.324. The molecule has 2 aromatic carbocycles. The van der Waals surface area contributed by atoms with E-state index in [1.807, 2.05) is 31.2 Å². The van der Waals surface area contributed by atoms with Crippen LogP contribution in [0.15, 0.2) is 42.5 Å². The van der Waals surface area contributed by atoms with E-state index >= 15 is 0 Å². The van der Waals surface area contributed by atoms with Gasteiger partial charge in [-0.3, -0.25) is 0 Å². The number of hydrogen-bond acceptors (Lipinski definition) is 2. The first-order chi connectivity index (χ1) is 8.75. The van der Waals surface area contributed by atoms with Crippen LogP contribution in [0.2, 0.25) is 0 Å². The van der Waals surface area contributed by atoms with Gasteiger partial charge in [-0.05, 0) is 36.8 Å².